The predicted molar refractivity (Wildman–Crippen MR) is 61.5 cm³/mol. The third-order valence-corrected chi connectivity index (χ3v) is 2.94. The van der Waals surface area contributed by atoms with Gasteiger partial charge in [0.2, 0.25) is 0 Å². The van der Waals surface area contributed by atoms with Gasteiger partial charge in [-0.05, 0) is 19.8 Å². The second-order valence-corrected chi connectivity index (χ2v) is 4.45. The van der Waals surface area contributed by atoms with E-state index in [0.29, 0.717) is 17.5 Å². The number of alkyl halides is 3. The first-order valence-electron chi connectivity index (χ1n) is 6.20. The molecule has 0 aliphatic heterocycles. The van der Waals surface area contributed by atoms with Crippen molar-refractivity contribution in [3.63, 3.8) is 0 Å². The molecule has 110 valence electrons. The Balaban J connectivity index is 2.47. The number of halogens is 3. The highest BCUT2D eigenvalue weighted by molar-refractivity contribution is 6.00. The van der Waals surface area contributed by atoms with Crippen molar-refractivity contribution in [2.24, 2.45) is 0 Å². The molecule has 0 radical (unpaired) electrons. The number of ketones is 1. The molecule has 1 aromatic heterocycles. The fourth-order valence-electron chi connectivity index (χ4n) is 2.24. The number of carbonyl (C=O) groups excluding carboxylic acids is 2. The molecule has 0 spiro atoms. The van der Waals surface area contributed by atoms with Crippen molar-refractivity contribution in [1.29, 1.82) is 0 Å². The first kappa shape index (κ1) is 14.5. The SMILES string of the molecule is CCOC(=O)c1nn(CC(F)(F)F)c2c1CCCC2=O. The lowest BCUT2D eigenvalue weighted by Crippen LogP contribution is -2.23. The minimum atomic E-state index is -4.51. The van der Waals surface area contributed by atoms with Crippen LogP contribution in [-0.2, 0) is 17.7 Å². The molecule has 0 saturated carbocycles. The Kier molecular flexibility index (Phi) is 3.82. The van der Waals surface area contributed by atoms with Gasteiger partial charge in [-0.1, -0.05) is 0 Å². The fraction of sp³-hybridized carbons (Fsp3) is 0.583. The van der Waals surface area contributed by atoms with E-state index in [1.54, 1.807) is 6.92 Å². The molecule has 0 aromatic carbocycles. The maximum atomic E-state index is 12.5. The van der Waals surface area contributed by atoms with Crippen molar-refractivity contribution in [3.8, 4) is 0 Å². The summed E-state index contributed by atoms with van der Waals surface area (Å²) in [5.41, 5.74) is -0.0280. The van der Waals surface area contributed by atoms with E-state index < -0.39 is 24.5 Å². The van der Waals surface area contributed by atoms with Gasteiger partial charge in [-0.2, -0.15) is 18.3 Å². The molecular weight excluding hydrogens is 277 g/mol. The molecule has 0 unspecified atom stereocenters. The largest absolute Gasteiger partial charge is 0.461 e. The highest BCUT2D eigenvalue weighted by atomic mass is 19.4. The summed E-state index contributed by atoms with van der Waals surface area (Å²) in [7, 11) is 0. The Morgan fingerprint density at radius 3 is 2.70 bits per heavy atom. The van der Waals surface area contributed by atoms with Gasteiger partial charge in [0, 0.05) is 12.0 Å². The minimum Gasteiger partial charge on any atom is -0.461 e. The first-order chi connectivity index (χ1) is 9.33. The summed E-state index contributed by atoms with van der Waals surface area (Å²) in [6, 6.07) is 0. The van der Waals surface area contributed by atoms with Crippen LogP contribution >= 0.6 is 0 Å². The second-order valence-electron chi connectivity index (χ2n) is 4.45. The summed E-state index contributed by atoms with van der Waals surface area (Å²) in [6.07, 6.45) is -3.49. The van der Waals surface area contributed by atoms with Crippen LogP contribution in [0.4, 0.5) is 13.2 Å². The highest BCUT2D eigenvalue weighted by Crippen LogP contribution is 2.27. The van der Waals surface area contributed by atoms with Gasteiger partial charge in [0.05, 0.1) is 6.61 Å². The van der Waals surface area contributed by atoms with E-state index in [2.05, 4.69) is 5.10 Å². The van der Waals surface area contributed by atoms with Crippen LogP contribution in [-0.4, -0.2) is 34.3 Å². The molecule has 2 rings (SSSR count). The molecule has 0 bridgehead atoms. The van der Waals surface area contributed by atoms with Gasteiger partial charge in [0.1, 0.15) is 12.2 Å². The van der Waals surface area contributed by atoms with Crippen LogP contribution in [0.3, 0.4) is 0 Å². The van der Waals surface area contributed by atoms with Gasteiger partial charge in [0.25, 0.3) is 0 Å². The lowest BCUT2D eigenvalue weighted by Gasteiger charge is -2.14. The summed E-state index contributed by atoms with van der Waals surface area (Å²) in [6.45, 7) is 0.288. The van der Waals surface area contributed by atoms with Crippen molar-refractivity contribution >= 4 is 11.8 Å². The molecule has 0 N–H and O–H groups in total. The number of hydrogen-bond donors (Lipinski definition) is 0. The van der Waals surface area contributed by atoms with E-state index in [9.17, 15) is 22.8 Å². The Bertz CT molecular complexity index is 549. The van der Waals surface area contributed by atoms with Gasteiger partial charge in [-0.25, -0.2) is 4.79 Å². The zero-order chi connectivity index (χ0) is 14.9. The number of aromatic nitrogens is 2. The topological polar surface area (TPSA) is 61.2 Å². The first-order valence-corrected chi connectivity index (χ1v) is 6.20. The molecule has 0 atom stereocenters. The third-order valence-electron chi connectivity index (χ3n) is 2.94. The number of ether oxygens (including phenoxy) is 1. The number of hydrogen-bond acceptors (Lipinski definition) is 4. The van der Waals surface area contributed by atoms with Crippen LogP contribution < -0.4 is 0 Å². The lowest BCUT2D eigenvalue weighted by atomic mass is 9.94. The number of Topliss-reactive ketones (excluding diaryl/α,β-unsaturated/α-hetero) is 1. The molecule has 1 aromatic rings. The molecule has 0 fully saturated rings. The van der Waals surface area contributed by atoms with Crippen molar-refractivity contribution in [2.75, 3.05) is 6.61 Å². The average Bonchev–Trinajstić information content (AvgIpc) is 2.67. The monoisotopic (exact) mass is 290 g/mol. The maximum Gasteiger partial charge on any atom is 0.408 e. The Hall–Kier alpha value is -1.86. The van der Waals surface area contributed by atoms with Crippen LogP contribution in [0.25, 0.3) is 0 Å². The molecule has 5 nitrogen and oxygen atoms in total. The number of esters is 1. The molecule has 1 aliphatic carbocycles. The molecule has 8 heteroatoms. The van der Waals surface area contributed by atoms with Crippen LogP contribution in [0.2, 0.25) is 0 Å². The van der Waals surface area contributed by atoms with E-state index in [1.807, 2.05) is 0 Å². The zero-order valence-electron chi connectivity index (χ0n) is 10.8. The number of rotatable bonds is 3. The van der Waals surface area contributed by atoms with Gasteiger partial charge in [-0.3, -0.25) is 9.48 Å². The summed E-state index contributed by atoms with van der Waals surface area (Å²) < 4.78 is 42.9. The summed E-state index contributed by atoms with van der Waals surface area (Å²) in [5.74, 6) is -1.21. The van der Waals surface area contributed by atoms with E-state index >= 15 is 0 Å². The Morgan fingerprint density at radius 2 is 2.10 bits per heavy atom. The third kappa shape index (κ3) is 2.83. The van der Waals surface area contributed by atoms with Gasteiger partial charge in [0.15, 0.2) is 11.5 Å². The summed E-state index contributed by atoms with van der Waals surface area (Å²) >= 11 is 0. The highest BCUT2D eigenvalue weighted by Gasteiger charge is 2.35. The quantitative estimate of drug-likeness (QED) is 0.800. The Labute approximate surface area is 112 Å². The molecule has 0 saturated heterocycles. The molecule has 20 heavy (non-hydrogen) atoms. The normalized spacial score (nSPS) is 15.1. The standard InChI is InChI=1S/C12H13F3N2O3/c1-2-20-11(19)9-7-4-3-5-8(18)10(7)17(16-9)6-12(13,14)15/h2-6H2,1H3. The van der Waals surface area contributed by atoms with Crippen molar-refractivity contribution < 1.29 is 27.5 Å². The molecule has 1 aliphatic rings. The maximum absolute atomic E-state index is 12.5. The van der Waals surface area contributed by atoms with Crippen LogP contribution in [0, 0.1) is 0 Å². The number of fused-ring (bicyclic) bond motifs is 1. The number of nitrogens with zero attached hydrogens (tertiary/aromatic N) is 2. The second kappa shape index (κ2) is 5.26. The van der Waals surface area contributed by atoms with Gasteiger partial charge in [-0.15, -0.1) is 0 Å². The van der Waals surface area contributed by atoms with Crippen LogP contribution in [0.1, 0.15) is 46.3 Å². The Morgan fingerprint density at radius 1 is 1.40 bits per heavy atom. The van der Waals surface area contributed by atoms with E-state index in [1.165, 1.54) is 0 Å². The van der Waals surface area contributed by atoms with E-state index in [0.717, 1.165) is 0 Å². The van der Waals surface area contributed by atoms with Gasteiger partial charge >= 0.3 is 12.1 Å². The molecule has 1 heterocycles. The molecule has 0 amide bonds. The molecular formula is C12H13F3N2O3. The van der Waals surface area contributed by atoms with Gasteiger partial charge < -0.3 is 4.74 Å². The van der Waals surface area contributed by atoms with Crippen LogP contribution in [0.15, 0.2) is 0 Å². The minimum absolute atomic E-state index is 0.0910. The van der Waals surface area contributed by atoms with Crippen molar-refractivity contribution in [1.82, 2.24) is 9.78 Å². The van der Waals surface area contributed by atoms with E-state index in [-0.39, 0.29) is 30.0 Å². The fourth-order valence-corrected chi connectivity index (χ4v) is 2.24. The van der Waals surface area contributed by atoms with E-state index in [4.69, 9.17) is 4.74 Å². The average molecular weight is 290 g/mol. The summed E-state index contributed by atoms with van der Waals surface area (Å²) in [4.78, 5) is 23.5. The van der Waals surface area contributed by atoms with Crippen molar-refractivity contribution in [2.45, 2.75) is 38.9 Å². The van der Waals surface area contributed by atoms with Crippen molar-refractivity contribution in [3.05, 3.63) is 17.0 Å². The lowest BCUT2D eigenvalue weighted by molar-refractivity contribution is -0.142. The number of carbonyl (C=O) groups is 2. The summed E-state index contributed by atoms with van der Waals surface area (Å²) in [5, 5.41) is 3.65. The van der Waals surface area contributed by atoms with Crippen LogP contribution in [0.5, 0.6) is 0 Å². The smallest absolute Gasteiger partial charge is 0.408 e. The zero-order valence-corrected chi connectivity index (χ0v) is 10.8. The predicted octanol–water partition coefficient (Wildman–Crippen LogP) is 2.14.